The fourth-order valence-electron chi connectivity index (χ4n) is 3.04. The van der Waals surface area contributed by atoms with E-state index in [0.717, 1.165) is 45.3 Å². The number of methoxy groups -OCH3 is 1. The highest BCUT2D eigenvalue weighted by Crippen LogP contribution is 2.29. The van der Waals surface area contributed by atoms with Crippen LogP contribution in [-0.4, -0.2) is 53.9 Å². The summed E-state index contributed by atoms with van der Waals surface area (Å²) in [5.41, 5.74) is 0. The monoisotopic (exact) mass is 412 g/mol. The Morgan fingerprint density at radius 2 is 2.05 bits per heavy atom. The first-order valence-electron chi connectivity index (χ1n) is 7.06. The van der Waals surface area contributed by atoms with Gasteiger partial charge in [0.25, 0.3) is 0 Å². The van der Waals surface area contributed by atoms with E-state index in [1.807, 2.05) is 4.90 Å². The van der Waals surface area contributed by atoms with Gasteiger partial charge in [0.2, 0.25) is 5.91 Å². The van der Waals surface area contributed by atoms with Crippen LogP contribution in [0.4, 0.5) is 0 Å². The summed E-state index contributed by atoms with van der Waals surface area (Å²) in [6.07, 6.45) is 4.11. The van der Waals surface area contributed by atoms with E-state index in [4.69, 9.17) is 4.74 Å². The van der Waals surface area contributed by atoms with Gasteiger partial charge in [0, 0.05) is 52.8 Å². The molecule has 2 fully saturated rings. The van der Waals surface area contributed by atoms with Crippen molar-refractivity contribution in [2.24, 2.45) is 5.92 Å². The molecule has 2 heterocycles. The molecule has 0 unspecified atom stereocenters. The summed E-state index contributed by atoms with van der Waals surface area (Å²) in [7, 11) is 3.13. The van der Waals surface area contributed by atoms with Gasteiger partial charge in [-0.3, -0.25) is 9.59 Å². The Bertz CT molecular complexity index is 362. The van der Waals surface area contributed by atoms with Crippen molar-refractivity contribution in [1.82, 2.24) is 9.21 Å². The Labute approximate surface area is 136 Å². The van der Waals surface area contributed by atoms with Gasteiger partial charge in [-0.05, 0) is 34.8 Å². The average molecular weight is 412 g/mol. The summed E-state index contributed by atoms with van der Waals surface area (Å²) in [5.74, 6) is -0.295. The van der Waals surface area contributed by atoms with Gasteiger partial charge in [0.05, 0.1) is 13.5 Å². The average Bonchev–Trinajstić information content (AvgIpc) is 2.49. The van der Waals surface area contributed by atoms with Crippen molar-refractivity contribution in [3.63, 3.8) is 0 Å². The summed E-state index contributed by atoms with van der Waals surface area (Å²) >= 11 is 2.30. The fraction of sp³-hybridized carbons (Fsp3) is 0.846. The van der Waals surface area contributed by atoms with Gasteiger partial charge >= 0.3 is 5.97 Å². The molecule has 0 saturated carbocycles. The summed E-state index contributed by atoms with van der Waals surface area (Å²) < 4.78 is 7.02. The number of likely N-dealkylation sites (tertiary alicyclic amines) is 1. The summed E-state index contributed by atoms with van der Waals surface area (Å²) in [4.78, 5) is 25.9. The van der Waals surface area contributed by atoms with E-state index < -0.39 is 0 Å². The van der Waals surface area contributed by atoms with Crippen LogP contribution in [0.25, 0.3) is 0 Å². The molecule has 5 nitrogen and oxygen atoms in total. The van der Waals surface area contributed by atoms with Crippen molar-refractivity contribution in [3.8, 4) is 0 Å². The highest BCUT2D eigenvalue weighted by molar-refractivity contribution is 14.2. The maximum Gasteiger partial charge on any atom is 0.306 e. The molecule has 2 saturated heterocycles. The minimum atomic E-state index is -0.277. The summed E-state index contributed by atoms with van der Waals surface area (Å²) in [5, 5.41) is 0. The van der Waals surface area contributed by atoms with Crippen LogP contribution in [0.3, 0.4) is 0 Å². The maximum atomic E-state index is 12.5. The molecule has 2 aliphatic rings. The molecule has 1 atom stereocenters. The molecule has 0 aromatic carbocycles. The largest absolute Gasteiger partial charge is 0.469 e. The Morgan fingerprint density at radius 1 is 1.35 bits per heavy atom. The first kappa shape index (κ1) is 16.4. The lowest BCUT2D eigenvalue weighted by atomic mass is 9.91. The zero-order valence-corrected chi connectivity index (χ0v) is 14.7. The smallest absolute Gasteiger partial charge is 0.306 e. The number of rotatable bonds is 4. The minimum absolute atomic E-state index is 0.155. The maximum absolute atomic E-state index is 12.5. The van der Waals surface area contributed by atoms with Crippen LogP contribution in [0, 0.1) is 5.92 Å². The lowest BCUT2D eigenvalue weighted by Gasteiger charge is -2.41. The van der Waals surface area contributed by atoms with E-state index in [1.54, 1.807) is 9.12 Å². The van der Waals surface area contributed by atoms with E-state index in [-0.39, 0.29) is 24.2 Å². The van der Waals surface area contributed by atoms with E-state index >= 15 is 0 Å². The highest BCUT2D eigenvalue weighted by Gasteiger charge is 2.35. The molecule has 0 bridgehead atoms. The first-order valence-corrected chi connectivity index (χ1v) is 10.4. The molecular formula is C13H21IN2O3S. The molecule has 1 amide bonds. The Morgan fingerprint density at radius 3 is 2.65 bits per heavy atom. The number of nitrogens with zero attached hydrogens (tertiary/aromatic N) is 2. The zero-order chi connectivity index (χ0) is 14.5. The number of ether oxygens (including phenoxy) is 1. The van der Waals surface area contributed by atoms with Crippen molar-refractivity contribution >= 4 is 42.2 Å². The van der Waals surface area contributed by atoms with Crippen molar-refractivity contribution in [2.45, 2.75) is 38.1 Å². The number of hydrogen-bond acceptors (Lipinski definition) is 5. The number of piperidine rings is 2. The van der Waals surface area contributed by atoms with Gasteiger partial charge in [0.15, 0.2) is 0 Å². The number of carbonyl (C=O) groups is 2. The molecule has 0 aromatic rings. The molecule has 0 spiro atoms. The third-order valence-corrected chi connectivity index (χ3v) is 6.42. The van der Waals surface area contributed by atoms with Crippen LogP contribution in [0.5, 0.6) is 0 Å². The van der Waals surface area contributed by atoms with Crippen LogP contribution >= 0.6 is 30.3 Å². The highest BCUT2D eigenvalue weighted by atomic mass is 127. The number of halogens is 1. The molecule has 0 radical (unpaired) electrons. The van der Waals surface area contributed by atoms with Crippen LogP contribution in [0.15, 0.2) is 0 Å². The minimum Gasteiger partial charge on any atom is -0.469 e. The van der Waals surface area contributed by atoms with Crippen LogP contribution in [-0.2, 0) is 14.3 Å². The second kappa shape index (κ2) is 7.84. The van der Waals surface area contributed by atoms with E-state index in [9.17, 15) is 9.59 Å². The first-order chi connectivity index (χ1) is 9.65. The van der Waals surface area contributed by atoms with E-state index in [2.05, 4.69) is 25.5 Å². The van der Waals surface area contributed by atoms with Gasteiger partial charge in [-0.25, -0.2) is 4.31 Å². The number of hydrogen-bond donors (Lipinski definition) is 0. The standard InChI is InChI=1S/C13H21IN2O3S/c1-19-12(17)9-10-3-2-6-16(13(10)18)11-4-7-15(20-14)8-5-11/h10-11H,2-9H2,1H3/t10-/m1/s1. The summed E-state index contributed by atoms with van der Waals surface area (Å²) in [6.45, 7) is 2.91. The molecule has 20 heavy (non-hydrogen) atoms. The van der Waals surface area contributed by atoms with Crippen LogP contribution in [0.2, 0.25) is 0 Å². The molecule has 0 aromatic heterocycles. The van der Waals surface area contributed by atoms with Gasteiger partial charge in [0.1, 0.15) is 0 Å². The normalized spacial score (nSPS) is 25.8. The molecule has 2 rings (SSSR count). The van der Waals surface area contributed by atoms with Crippen molar-refractivity contribution in [3.05, 3.63) is 0 Å². The number of amides is 1. The lowest BCUT2D eigenvalue weighted by Crippen LogP contribution is -2.50. The van der Waals surface area contributed by atoms with Crippen LogP contribution < -0.4 is 0 Å². The third-order valence-electron chi connectivity index (χ3n) is 4.19. The molecule has 2 aliphatic heterocycles. The fourth-order valence-corrected chi connectivity index (χ4v) is 4.57. The molecular weight excluding hydrogens is 391 g/mol. The molecule has 0 N–H and O–H groups in total. The van der Waals surface area contributed by atoms with Gasteiger partial charge in [-0.1, -0.05) is 0 Å². The van der Waals surface area contributed by atoms with Crippen LogP contribution in [0.1, 0.15) is 32.1 Å². The summed E-state index contributed by atoms with van der Waals surface area (Å²) in [6, 6.07) is 0.350. The zero-order valence-electron chi connectivity index (χ0n) is 11.7. The topological polar surface area (TPSA) is 49.9 Å². The van der Waals surface area contributed by atoms with Crippen molar-refractivity contribution in [2.75, 3.05) is 26.7 Å². The van der Waals surface area contributed by atoms with Crippen molar-refractivity contribution < 1.29 is 14.3 Å². The second-order valence-electron chi connectivity index (χ2n) is 5.38. The Hall–Kier alpha value is -0.0200. The van der Waals surface area contributed by atoms with Gasteiger partial charge < -0.3 is 9.64 Å². The molecule has 114 valence electrons. The second-order valence-corrected chi connectivity index (χ2v) is 7.22. The van der Waals surface area contributed by atoms with E-state index in [1.165, 1.54) is 7.11 Å². The third kappa shape index (κ3) is 4.00. The Balaban J connectivity index is 1.91. The Kier molecular flexibility index (Phi) is 6.41. The predicted octanol–water partition coefficient (Wildman–Crippen LogP) is 2.25. The van der Waals surface area contributed by atoms with Gasteiger partial charge in [-0.2, -0.15) is 0 Å². The number of carbonyl (C=O) groups excluding carboxylic acids is 2. The number of esters is 1. The quantitative estimate of drug-likeness (QED) is 0.403. The predicted molar refractivity (Wildman–Crippen MR) is 87.3 cm³/mol. The molecule has 0 aliphatic carbocycles. The van der Waals surface area contributed by atoms with Crippen molar-refractivity contribution in [1.29, 1.82) is 0 Å². The van der Waals surface area contributed by atoms with E-state index in [0.29, 0.717) is 6.04 Å². The lowest BCUT2D eigenvalue weighted by molar-refractivity contribution is -0.150. The SMILES string of the molecule is COC(=O)C[C@H]1CCCN(C2CCN(SI)CC2)C1=O. The molecule has 7 heteroatoms. The van der Waals surface area contributed by atoms with Gasteiger partial charge in [-0.15, -0.1) is 0 Å².